The summed E-state index contributed by atoms with van der Waals surface area (Å²) in [7, 11) is 5.36. The quantitative estimate of drug-likeness (QED) is 0.416. The van der Waals surface area contributed by atoms with E-state index in [2.05, 4.69) is 6.58 Å². The highest BCUT2D eigenvalue weighted by Crippen LogP contribution is 2.28. The van der Waals surface area contributed by atoms with Gasteiger partial charge in [-0.05, 0) is 59.0 Å². The van der Waals surface area contributed by atoms with Crippen molar-refractivity contribution in [3.8, 4) is 11.5 Å². The van der Waals surface area contributed by atoms with Gasteiger partial charge in [0.15, 0.2) is 18.1 Å². The fourth-order valence-electron chi connectivity index (χ4n) is 2.50. The number of amides is 1. The number of methoxy groups -OCH3 is 1. The standard InChI is InChI=1S/C22H34N2O5/c1-8-9-17-10-11-18(19(14-17)27-7)28-16-20(25)24(13-12-23(5)6)15-21(26)29-22(2,3)4/h8,10-11,14H,1,9,12-13,15-16H2,2-7H3. The Morgan fingerprint density at radius 3 is 2.38 bits per heavy atom. The van der Waals surface area contributed by atoms with Crippen LogP contribution in [0.25, 0.3) is 0 Å². The molecule has 1 amide bonds. The molecular weight excluding hydrogens is 372 g/mol. The number of nitrogens with zero attached hydrogens (tertiary/aromatic N) is 2. The molecule has 0 heterocycles. The van der Waals surface area contributed by atoms with Crippen LogP contribution in [0.2, 0.25) is 0 Å². The average molecular weight is 407 g/mol. The van der Waals surface area contributed by atoms with Gasteiger partial charge in [0.05, 0.1) is 7.11 Å². The van der Waals surface area contributed by atoms with Gasteiger partial charge in [0, 0.05) is 13.1 Å². The molecule has 1 rings (SSSR count). The van der Waals surface area contributed by atoms with Gasteiger partial charge in [-0.2, -0.15) is 0 Å². The number of hydrogen-bond acceptors (Lipinski definition) is 6. The van der Waals surface area contributed by atoms with Crippen LogP contribution in [0.5, 0.6) is 11.5 Å². The molecule has 0 saturated heterocycles. The highest BCUT2D eigenvalue weighted by Gasteiger charge is 2.23. The highest BCUT2D eigenvalue weighted by atomic mass is 16.6. The predicted molar refractivity (Wildman–Crippen MR) is 113 cm³/mol. The third-order valence-electron chi connectivity index (χ3n) is 3.87. The number of rotatable bonds is 11. The average Bonchev–Trinajstić information content (AvgIpc) is 2.62. The number of hydrogen-bond donors (Lipinski definition) is 0. The minimum absolute atomic E-state index is 0.122. The number of likely N-dealkylation sites (N-methyl/N-ethyl adjacent to an activating group) is 1. The van der Waals surface area contributed by atoms with Crippen molar-refractivity contribution in [3.05, 3.63) is 36.4 Å². The first kappa shape index (κ1) is 24.5. The molecule has 162 valence electrons. The third-order valence-corrected chi connectivity index (χ3v) is 3.87. The van der Waals surface area contributed by atoms with Crippen LogP contribution in [0.3, 0.4) is 0 Å². The number of ether oxygens (including phenoxy) is 3. The molecule has 1 aromatic rings. The van der Waals surface area contributed by atoms with E-state index in [1.807, 2.05) is 31.1 Å². The Morgan fingerprint density at radius 1 is 1.14 bits per heavy atom. The maximum Gasteiger partial charge on any atom is 0.326 e. The molecule has 0 fully saturated rings. The van der Waals surface area contributed by atoms with E-state index in [1.54, 1.807) is 40.0 Å². The number of esters is 1. The van der Waals surface area contributed by atoms with Crippen molar-refractivity contribution < 1.29 is 23.8 Å². The Balaban J connectivity index is 2.80. The second-order valence-corrected chi connectivity index (χ2v) is 7.97. The largest absolute Gasteiger partial charge is 0.493 e. The Morgan fingerprint density at radius 2 is 1.83 bits per heavy atom. The van der Waals surface area contributed by atoms with Crippen molar-refractivity contribution in [2.45, 2.75) is 32.8 Å². The first-order chi connectivity index (χ1) is 13.6. The molecule has 1 aromatic carbocycles. The summed E-state index contributed by atoms with van der Waals surface area (Å²) in [5, 5.41) is 0. The molecule has 0 bridgehead atoms. The molecule has 7 heteroatoms. The smallest absolute Gasteiger partial charge is 0.326 e. The Kier molecular flexibility index (Phi) is 9.68. The summed E-state index contributed by atoms with van der Waals surface area (Å²) in [6, 6.07) is 5.52. The zero-order valence-electron chi connectivity index (χ0n) is 18.5. The zero-order valence-corrected chi connectivity index (χ0v) is 18.5. The maximum atomic E-state index is 12.7. The number of benzene rings is 1. The van der Waals surface area contributed by atoms with Gasteiger partial charge in [-0.25, -0.2) is 0 Å². The van der Waals surface area contributed by atoms with Gasteiger partial charge < -0.3 is 24.0 Å². The van der Waals surface area contributed by atoms with Crippen molar-refractivity contribution >= 4 is 11.9 Å². The van der Waals surface area contributed by atoms with Crippen LogP contribution < -0.4 is 9.47 Å². The summed E-state index contributed by atoms with van der Waals surface area (Å²) < 4.78 is 16.4. The molecular formula is C22H34N2O5. The topological polar surface area (TPSA) is 68.3 Å². The van der Waals surface area contributed by atoms with Crippen LogP contribution in [-0.4, -0.2) is 74.7 Å². The molecule has 0 N–H and O–H groups in total. The lowest BCUT2D eigenvalue weighted by atomic mass is 10.1. The molecule has 0 saturated carbocycles. The van der Waals surface area contributed by atoms with E-state index in [1.165, 1.54) is 4.90 Å². The van der Waals surface area contributed by atoms with Crippen molar-refractivity contribution in [1.29, 1.82) is 0 Å². The summed E-state index contributed by atoms with van der Waals surface area (Å²) in [6.07, 6.45) is 2.52. The molecule has 0 atom stereocenters. The van der Waals surface area contributed by atoms with Crippen molar-refractivity contribution in [2.75, 3.05) is 47.4 Å². The SMILES string of the molecule is C=CCc1ccc(OCC(=O)N(CCN(C)C)CC(=O)OC(C)(C)C)c(OC)c1. The molecule has 0 aromatic heterocycles. The molecule has 0 radical (unpaired) electrons. The molecule has 7 nitrogen and oxygen atoms in total. The van der Waals surface area contributed by atoms with Gasteiger partial charge in [0.1, 0.15) is 12.1 Å². The molecule has 29 heavy (non-hydrogen) atoms. The Labute approximate surface area is 174 Å². The van der Waals surface area contributed by atoms with Crippen LogP contribution in [0.1, 0.15) is 26.3 Å². The molecule has 0 spiro atoms. The summed E-state index contributed by atoms with van der Waals surface area (Å²) in [5.74, 6) is 0.272. The van der Waals surface area contributed by atoms with Crippen LogP contribution in [0, 0.1) is 0 Å². The monoisotopic (exact) mass is 406 g/mol. The van der Waals surface area contributed by atoms with Crippen LogP contribution in [-0.2, 0) is 20.7 Å². The van der Waals surface area contributed by atoms with Gasteiger partial charge in [0.2, 0.25) is 0 Å². The van der Waals surface area contributed by atoms with E-state index in [-0.39, 0.29) is 19.1 Å². The summed E-state index contributed by atoms with van der Waals surface area (Å²) in [6.45, 7) is 9.80. The summed E-state index contributed by atoms with van der Waals surface area (Å²) in [5.41, 5.74) is 0.428. The minimum Gasteiger partial charge on any atom is -0.493 e. The first-order valence-electron chi connectivity index (χ1n) is 9.60. The number of allylic oxidation sites excluding steroid dienone is 1. The molecule has 0 unspecified atom stereocenters. The first-order valence-corrected chi connectivity index (χ1v) is 9.60. The molecule has 0 aliphatic rings. The van der Waals surface area contributed by atoms with Gasteiger partial charge in [-0.15, -0.1) is 6.58 Å². The van der Waals surface area contributed by atoms with E-state index >= 15 is 0 Å². The van der Waals surface area contributed by atoms with Crippen LogP contribution >= 0.6 is 0 Å². The lowest BCUT2D eigenvalue weighted by Gasteiger charge is -2.26. The van der Waals surface area contributed by atoms with E-state index in [9.17, 15) is 9.59 Å². The maximum absolute atomic E-state index is 12.7. The fourth-order valence-corrected chi connectivity index (χ4v) is 2.50. The molecule has 0 aliphatic carbocycles. The summed E-state index contributed by atoms with van der Waals surface area (Å²) >= 11 is 0. The van der Waals surface area contributed by atoms with Gasteiger partial charge in [0.25, 0.3) is 5.91 Å². The van der Waals surface area contributed by atoms with Crippen molar-refractivity contribution in [1.82, 2.24) is 9.80 Å². The predicted octanol–water partition coefficient (Wildman–Crippen LogP) is 2.53. The lowest BCUT2D eigenvalue weighted by molar-refractivity contribution is -0.159. The minimum atomic E-state index is -0.607. The fraction of sp³-hybridized carbons (Fsp3) is 0.545. The second kappa shape index (κ2) is 11.5. The van der Waals surface area contributed by atoms with Crippen LogP contribution in [0.15, 0.2) is 30.9 Å². The van der Waals surface area contributed by atoms with Gasteiger partial charge in [-0.1, -0.05) is 12.1 Å². The van der Waals surface area contributed by atoms with Crippen molar-refractivity contribution in [3.63, 3.8) is 0 Å². The second-order valence-electron chi connectivity index (χ2n) is 7.97. The third kappa shape index (κ3) is 9.47. The van der Waals surface area contributed by atoms with Gasteiger partial charge >= 0.3 is 5.97 Å². The highest BCUT2D eigenvalue weighted by molar-refractivity contribution is 5.83. The zero-order chi connectivity index (χ0) is 22.0. The van der Waals surface area contributed by atoms with E-state index in [0.717, 1.165) is 5.56 Å². The number of carbonyl (C=O) groups excluding carboxylic acids is 2. The Hall–Kier alpha value is -2.54. The van der Waals surface area contributed by atoms with E-state index in [4.69, 9.17) is 14.2 Å². The molecule has 0 aliphatic heterocycles. The summed E-state index contributed by atoms with van der Waals surface area (Å²) in [4.78, 5) is 28.3. The van der Waals surface area contributed by atoms with E-state index in [0.29, 0.717) is 31.0 Å². The number of carbonyl (C=O) groups is 2. The normalized spacial score (nSPS) is 11.1. The van der Waals surface area contributed by atoms with E-state index < -0.39 is 11.6 Å². The van der Waals surface area contributed by atoms with Crippen molar-refractivity contribution in [2.24, 2.45) is 0 Å². The Bertz CT molecular complexity index is 695. The van der Waals surface area contributed by atoms with Gasteiger partial charge in [-0.3, -0.25) is 9.59 Å². The lowest BCUT2D eigenvalue weighted by Crippen LogP contribution is -2.43. The van der Waals surface area contributed by atoms with Crippen LogP contribution in [0.4, 0.5) is 0 Å².